The molecule has 0 spiro atoms. The van der Waals surface area contributed by atoms with E-state index < -0.39 is 44.7 Å². The summed E-state index contributed by atoms with van der Waals surface area (Å²) in [5, 5.41) is 10.6. The first-order valence-electron chi connectivity index (χ1n) is 4.05. The van der Waals surface area contributed by atoms with Crippen molar-refractivity contribution in [2.75, 3.05) is 5.32 Å². The van der Waals surface area contributed by atoms with Crippen LogP contribution in [0.25, 0.3) is 0 Å². The lowest BCUT2D eigenvalue weighted by Gasteiger charge is -2.08. The number of carbonyl (C=O) groups is 1. The maximum atomic E-state index is 13.4. The van der Waals surface area contributed by atoms with E-state index in [1.165, 1.54) is 5.32 Å². The highest BCUT2D eigenvalue weighted by Gasteiger charge is 2.31. The van der Waals surface area contributed by atoms with Crippen LogP contribution in [0.4, 0.5) is 29.3 Å². The molecule has 0 aromatic heterocycles. The molecule has 1 rings (SSSR count). The molecule has 0 heterocycles. The number of nitrogens with zero attached hydrogens (tertiary/aromatic N) is 1. The van der Waals surface area contributed by atoms with Gasteiger partial charge in [0.15, 0.2) is 17.3 Å². The summed E-state index contributed by atoms with van der Waals surface area (Å²) in [5.74, 6) is -5.01. The van der Waals surface area contributed by atoms with Crippen molar-refractivity contribution in [3.8, 4) is 0 Å². The molecular formula is C8H4ClF3N2O3. The summed E-state index contributed by atoms with van der Waals surface area (Å²) in [6.07, 6.45) is 0. The van der Waals surface area contributed by atoms with E-state index in [2.05, 4.69) is 0 Å². The molecule has 1 N–H and O–H groups in total. The molecule has 0 aliphatic carbocycles. The fourth-order valence-corrected chi connectivity index (χ4v) is 1.24. The Labute approximate surface area is 97.3 Å². The summed E-state index contributed by atoms with van der Waals surface area (Å²) in [4.78, 5) is 19.6. The van der Waals surface area contributed by atoms with E-state index in [1.54, 1.807) is 0 Å². The van der Waals surface area contributed by atoms with Gasteiger partial charge in [-0.3, -0.25) is 14.9 Å². The molecule has 9 heteroatoms. The number of hydrogen-bond acceptors (Lipinski definition) is 3. The fraction of sp³-hybridized carbons (Fsp3) is 0.125. The number of halogens is 4. The van der Waals surface area contributed by atoms with E-state index >= 15 is 0 Å². The van der Waals surface area contributed by atoms with Crippen LogP contribution < -0.4 is 5.32 Å². The lowest BCUT2D eigenvalue weighted by molar-refractivity contribution is -0.387. The predicted octanol–water partition coefficient (Wildman–Crippen LogP) is 3.09. The van der Waals surface area contributed by atoms with Gasteiger partial charge in [-0.15, -0.1) is 0 Å². The highest BCUT2D eigenvalue weighted by Crippen LogP contribution is 2.35. The number of nitro benzene ring substituents is 1. The van der Waals surface area contributed by atoms with Crippen LogP contribution >= 0.6 is 11.6 Å². The molecular weight excluding hydrogens is 265 g/mol. The monoisotopic (exact) mass is 268 g/mol. The molecule has 17 heavy (non-hydrogen) atoms. The molecule has 1 aromatic carbocycles. The quantitative estimate of drug-likeness (QED) is 0.294. The number of anilines is 1. The van der Waals surface area contributed by atoms with Crippen molar-refractivity contribution < 1.29 is 22.9 Å². The Balaban J connectivity index is 3.65. The summed E-state index contributed by atoms with van der Waals surface area (Å²) >= 11 is 4.85. The van der Waals surface area contributed by atoms with Gasteiger partial charge in [0.1, 0.15) is 0 Å². The van der Waals surface area contributed by atoms with Crippen molar-refractivity contribution in [1.29, 1.82) is 0 Å². The first-order chi connectivity index (χ1) is 7.77. The van der Waals surface area contributed by atoms with E-state index in [4.69, 9.17) is 11.6 Å². The molecule has 0 aliphatic heterocycles. The van der Waals surface area contributed by atoms with Crippen molar-refractivity contribution in [3.63, 3.8) is 0 Å². The number of hydrogen-bond donors (Lipinski definition) is 1. The standard InChI is InChI=1S/C8H4ClF3N2O3/c1-2-3(10)5(12)7(14(16)17)6(4(2)11)13-8(9)15/h1H3,(H,13,15). The third-order valence-corrected chi connectivity index (χ3v) is 2.02. The summed E-state index contributed by atoms with van der Waals surface area (Å²) in [6.45, 7) is 0.862. The van der Waals surface area contributed by atoms with Gasteiger partial charge in [0.05, 0.1) is 4.92 Å². The van der Waals surface area contributed by atoms with Crippen LogP contribution in [0.1, 0.15) is 5.56 Å². The SMILES string of the molecule is Cc1c(F)c(F)c([N+](=O)[O-])c(NC(=O)Cl)c1F. The Morgan fingerprint density at radius 3 is 2.24 bits per heavy atom. The molecule has 0 fully saturated rings. The number of nitrogens with one attached hydrogen (secondary N) is 1. The lowest BCUT2D eigenvalue weighted by atomic mass is 10.1. The summed E-state index contributed by atoms with van der Waals surface area (Å²) in [7, 11) is 0. The molecule has 0 bridgehead atoms. The van der Waals surface area contributed by atoms with E-state index in [0.29, 0.717) is 0 Å². The third-order valence-electron chi connectivity index (χ3n) is 1.92. The molecule has 1 amide bonds. The molecule has 0 saturated heterocycles. The summed E-state index contributed by atoms with van der Waals surface area (Å²) in [6, 6.07) is 0. The van der Waals surface area contributed by atoms with Crippen molar-refractivity contribution >= 4 is 28.3 Å². The molecule has 0 unspecified atom stereocenters. The van der Waals surface area contributed by atoms with Gasteiger partial charge in [0.25, 0.3) is 0 Å². The predicted molar refractivity (Wildman–Crippen MR) is 52.6 cm³/mol. The number of carbonyl (C=O) groups excluding carboxylic acids is 1. The molecule has 92 valence electrons. The second-order valence-electron chi connectivity index (χ2n) is 2.95. The van der Waals surface area contributed by atoms with Crippen LogP contribution in [0.2, 0.25) is 0 Å². The fourth-order valence-electron chi connectivity index (χ4n) is 1.15. The molecule has 1 aromatic rings. The minimum absolute atomic E-state index is 0.798. The minimum atomic E-state index is -1.87. The van der Waals surface area contributed by atoms with Crippen LogP contribution in [0.5, 0.6) is 0 Å². The van der Waals surface area contributed by atoms with Gasteiger partial charge in [0, 0.05) is 5.56 Å². The maximum Gasteiger partial charge on any atom is 0.334 e. The summed E-state index contributed by atoms with van der Waals surface area (Å²) in [5.41, 5.74) is -3.42. The van der Waals surface area contributed by atoms with Gasteiger partial charge in [0.2, 0.25) is 5.82 Å². The van der Waals surface area contributed by atoms with E-state index in [1.807, 2.05) is 0 Å². The van der Waals surface area contributed by atoms with E-state index in [0.717, 1.165) is 6.92 Å². The number of benzene rings is 1. The largest absolute Gasteiger partial charge is 0.334 e. The zero-order valence-corrected chi connectivity index (χ0v) is 8.94. The van der Waals surface area contributed by atoms with Gasteiger partial charge < -0.3 is 5.32 Å². The Kier molecular flexibility index (Phi) is 3.56. The normalized spacial score (nSPS) is 10.2. The highest BCUT2D eigenvalue weighted by atomic mass is 35.5. The van der Waals surface area contributed by atoms with E-state index in [-0.39, 0.29) is 0 Å². The van der Waals surface area contributed by atoms with Crippen LogP contribution in [0.3, 0.4) is 0 Å². The van der Waals surface area contributed by atoms with Crippen LogP contribution in [0, 0.1) is 34.5 Å². The zero-order valence-electron chi connectivity index (χ0n) is 8.18. The smallest absolute Gasteiger partial charge is 0.304 e. The van der Waals surface area contributed by atoms with Crippen LogP contribution in [-0.4, -0.2) is 10.3 Å². The van der Waals surface area contributed by atoms with Gasteiger partial charge in [-0.2, -0.15) is 4.39 Å². The van der Waals surface area contributed by atoms with Gasteiger partial charge in [-0.1, -0.05) is 0 Å². The van der Waals surface area contributed by atoms with Crippen LogP contribution in [-0.2, 0) is 0 Å². The maximum absolute atomic E-state index is 13.4. The second kappa shape index (κ2) is 4.58. The van der Waals surface area contributed by atoms with Crippen molar-refractivity contribution in [3.05, 3.63) is 33.1 Å². The second-order valence-corrected chi connectivity index (χ2v) is 3.29. The highest BCUT2D eigenvalue weighted by molar-refractivity contribution is 6.65. The molecule has 0 atom stereocenters. The Bertz CT molecular complexity index is 521. The summed E-state index contributed by atoms with van der Waals surface area (Å²) < 4.78 is 39.7. The van der Waals surface area contributed by atoms with Gasteiger partial charge >= 0.3 is 11.1 Å². The van der Waals surface area contributed by atoms with Crippen molar-refractivity contribution in [2.45, 2.75) is 6.92 Å². The van der Waals surface area contributed by atoms with Crippen molar-refractivity contribution in [2.24, 2.45) is 0 Å². The first-order valence-corrected chi connectivity index (χ1v) is 4.43. The molecule has 0 radical (unpaired) electrons. The minimum Gasteiger partial charge on any atom is -0.304 e. The third kappa shape index (κ3) is 2.31. The van der Waals surface area contributed by atoms with E-state index in [9.17, 15) is 28.1 Å². The number of amides is 1. The Morgan fingerprint density at radius 1 is 1.29 bits per heavy atom. The van der Waals surface area contributed by atoms with Crippen LogP contribution in [0.15, 0.2) is 0 Å². The molecule has 5 nitrogen and oxygen atoms in total. The number of rotatable bonds is 2. The molecule has 0 saturated carbocycles. The Hall–Kier alpha value is -1.83. The zero-order chi connectivity index (χ0) is 13.3. The topological polar surface area (TPSA) is 72.2 Å². The average molecular weight is 269 g/mol. The first kappa shape index (κ1) is 13.2. The lowest BCUT2D eigenvalue weighted by Crippen LogP contribution is -2.11. The van der Waals surface area contributed by atoms with Gasteiger partial charge in [-0.25, -0.2) is 8.78 Å². The molecule has 0 aliphatic rings. The average Bonchev–Trinajstić information content (AvgIpc) is 2.22. The Morgan fingerprint density at radius 2 is 1.82 bits per heavy atom. The van der Waals surface area contributed by atoms with Crippen molar-refractivity contribution in [1.82, 2.24) is 0 Å². The number of nitro groups is 1. The van der Waals surface area contributed by atoms with Gasteiger partial charge in [-0.05, 0) is 18.5 Å².